The van der Waals surface area contributed by atoms with Crippen molar-refractivity contribution in [2.75, 3.05) is 7.11 Å². The third-order valence-corrected chi connectivity index (χ3v) is 5.50. The number of hydrogen-bond acceptors (Lipinski definition) is 3. The molecule has 0 aliphatic rings. The van der Waals surface area contributed by atoms with Gasteiger partial charge in [0, 0.05) is 17.2 Å². The molecule has 1 aromatic heterocycles. The summed E-state index contributed by atoms with van der Waals surface area (Å²) >= 11 is 12.8. The number of benzene rings is 2. The molecule has 2 aromatic carbocycles. The number of carbonyl (C=O) groups is 1. The van der Waals surface area contributed by atoms with Crippen molar-refractivity contribution in [2.24, 2.45) is 0 Å². The second kappa shape index (κ2) is 10.2. The summed E-state index contributed by atoms with van der Waals surface area (Å²) in [6.07, 6.45) is 1.52. The van der Waals surface area contributed by atoms with E-state index in [1.807, 2.05) is 57.3 Å². The summed E-state index contributed by atoms with van der Waals surface area (Å²) in [5.41, 5.74) is 3.03. The van der Waals surface area contributed by atoms with Crippen molar-refractivity contribution >= 4 is 29.3 Å². The lowest BCUT2D eigenvalue weighted by atomic mass is 10.1. The zero-order valence-electron chi connectivity index (χ0n) is 18.6. The maximum Gasteiger partial charge on any atom is 0.408 e. The highest BCUT2D eigenvalue weighted by molar-refractivity contribution is 6.44. The first kappa shape index (κ1) is 23.9. The lowest BCUT2D eigenvalue weighted by molar-refractivity contribution is -0.695. The molecule has 0 aliphatic carbocycles. The lowest BCUT2D eigenvalue weighted by Gasteiger charge is -2.19. The summed E-state index contributed by atoms with van der Waals surface area (Å²) in [5.74, 6) is 0.630. The summed E-state index contributed by atoms with van der Waals surface area (Å²) in [6.45, 7) is 6.42. The second-order valence-corrected chi connectivity index (χ2v) is 9.10. The molecule has 1 amide bonds. The fourth-order valence-electron chi connectivity index (χ4n) is 3.26. The maximum absolute atomic E-state index is 12.2. The minimum Gasteiger partial charge on any atom is -0.496 e. The summed E-state index contributed by atoms with van der Waals surface area (Å²) < 4.78 is 13.0. The molecule has 168 valence electrons. The van der Waals surface area contributed by atoms with Crippen LogP contribution in [0.4, 0.5) is 4.79 Å². The van der Waals surface area contributed by atoms with Crippen molar-refractivity contribution in [1.82, 2.24) is 5.32 Å². The number of amides is 1. The zero-order valence-corrected chi connectivity index (χ0v) is 20.1. The van der Waals surface area contributed by atoms with Gasteiger partial charge in [-0.05, 0) is 39.0 Å². The largest absolute Gasteiger partial charge is 0.496 e. The van der Waals surface area contributed by atoms with Crippen LogP contribution in [0.1, 0.15) is 32.0 Å². The third-order valence-electron chi connectivity index (χ3n) is 4.69. The summed E-state index contributed by atoms with van der Waals surface area (Å²) in [6, 6.07) is 17.5. The average molecular weight is 474 g/mol. The van der Waals surface area contributed by atoms with Gasteiger partial charge in [-0.1, -0.05) is 53.5 Å². The van der Waals surface area contributed by atoms with Crippen molar-refractivity contribution in [1.29, 1.82) is 0 Å². The van der Waals surface area contributed by atoms with Crippen molar-refractivity contribution in [3.8, 4) is 16.9 Å². The van der Waals surface area contributed by atoms with Crippen LogP contribution in [0.2, 0.25) is 10.0 Å². The van der Waals surface area contributed by atoms with Crippen molar-refractivity contribution < 1.29 is 18.8 Å². The van der Waals surface area contributed by atoms with Gasteiger partial charge < -0.3 is 14.8 Å². The Morgan fingerprint density at radius 2 is 1.75 bits per heavy atom. The average Bonchev–Trinajstić information content (AvgIpc) is 2.74. The van der Waals surface area contributed by atoms with Crippen LogP contribution in [0, 0.1) is 0 Å². The van der Waals surface area contributed by atoms with Crippen LogP contribution in [0.5, 0.6) is 5.75 Å². The van der Waals surface area contributed by atoms with E-state index in [1.165, 1.54) is 0 Å². The van der Waals surface area contributed by atoms with Crippen molar-refractivity contribution in [2.45, 2.75) is 39.5 Å². The Labute approximate surface area is 198 Å². The highest BCUT2D eigenvalue weighted by Crippen LogP contribution is 2.40. The Balaban J connectivity index is 1.98. The number of aromatic nitrogens is 1. The first-order valence-corrected chi connectivity index (χ1v) is 11.0. The van der Waals surface area contributed by atoms with E-state index in [4.69, 9.17) is 32.7 Å². The molecule has 0 saturated heterocycles. The molecule has 3 aromatic rings. The van der Waals surface area contributed by atoms with Gasteiger partial charge in [0.05, 0.1) is 22.7 Å². The Morgan fingerprint density at radius 3 is 2.41 bits per heavy atom. The van der Waals surface area contributed by atoms with Crippen molar-refractivity contribution in [3.63, 3.8) is 0 Å². The number of carbonyl (C=O) groups excluding carboxylic acids is 1. The highest BCUT2D eigenvalue weighted by Gasteiger charge is 2.21. The molecule has 0 radical (unpaired) electrons. The van der Waals surface area contributed by atoms with Gasteiger partial charge in [-0.15, -0.1) is 0 Å². The number of alkyl carbamates (subject to hydrolysis) is 1. The fraction of sp³-hybridized carbons (Fsp3) is 0.280. The highest BCUT2D eigenvalue weighted by atomic mass is 35.5. The van der Waals surface area contributed by atoms with E-state index >= 15 is 0 Å². The molecule has 0 saturated carbocycles. The van der Waals surface area contributed by atoms with E-state index in [-0.39, 0.29) is 0 Å². The van der Waals surface area contributed by atoms with E-state index in [0.29, 0.717) is 28.9 Å². The Kier molecular flexibility index (Phi) is 7.64. The quantitative estimate of drug-likeness (QED) is 0.444. The molecule has 1 heterocycles. The topological polar surface area (TPSA) is 51.4 Å². The van der Waals surface area contributed by atoms with Gasteiger partial charge in [-0.25, -0.2) is 4.79 Å². The smallest absolute Gasteiger partial charge is 0.408 e. The SMILES string of the molecule is COc1ccc(Cl)c(Cl)c1-c1ccc(CNC(=O)OC(C)(C)C)[n+](Cc2ccccc2)c1. The van der Waals surface area contributed by atoms with Gasteiger partial charge in [-0.3, -0.25) is 0 Å². The number of methoxy groups -OCH3 is 1. The number of nitrogens with one attached hydrogen (secondary N) is 1. The van der Waals surface area contributed by atoms with Crippen LogP contribution >= 0.6 is 23.2 Å². The second-order valence-electron chi connectivity index (χ2n) is 8.32. The molecule has 0 spiro atoms. The monoisotopic (exact) mass is 473 g/mol. The predicted molar refractivity (Wildman–Crippen MR) is 127 cm³/mol. The van der Waals surface area contributed by atoms with Crippen LogP contribution in [0.3, 0.4) is 0 Å². The molecule has 3 rings (SSSR count). The van der Waals surface area contributed by atoms with E-state index in [0.717, 1.165) is 22.4 Å². The maximum atomic E-state index is 12.2. The molecule has 0 atom stereocenters. The molecule has 0 aliphatic heterocycles. The minimum atomic E-state index is -0.562. The number of rotatable bonds is 6. The Hall–Kier alpha value is -2.76. The van der Waals surface area contributed by atoms with E-state index in [9.17, 15) is 4.79 Å². The predicted octanol–water partition coefficient (Wildman–Crippen LogP) is 6.03. The van der Waals surface area contributed by atoms with Crippen LogP contribution in [-0.2, 0) is 17.8 Å². The van der Waals surface area contributed by atoms with Gasteiger partial charge in [0.15, 0.2) is 12.7 Å². The van der Waals surface area contributed by atoms with E-state index < -0.39 is 11.7 Å². The first-order valence-electron chi connectivity index (χ1n) is 10.2. The number of halogens is 2. The van der Waals surface area contributed by atoms with Gasteiger partial charge in [0.1, 0.15) is 17.9 Å². The molecule has 0 bridgehead atoms. The Bertz CT molecular complexity index is 1100. The van der Waals surface area contributed by atoms with Crippen LogP contribution in [0.15, 0.2) is 60.8 Å². The number of pyridine rings is 1. The lowest BCUT2D eigenvalue weighted by Crippen LogP contribution is -2.42. The molecule has 7 heteroatoms. The molecule has 0 unspecified atom stereocenters. The van der Waals surface area contributed by atoms with Gasteiger partial charge in [0.25, 0.3) is 0 Å². The fourth-order valence-corrected chi connectivity index (χ4v) is 3.68. The molecular formula is C25H27Cl2N2O3+. The summed E-state index contributed by atoms with van der Waals surface area (Å²) in [5, 5.41) is 3.71. The Morgan fingerprint density at radius 1 is 1.03 bits per heavy atom. The van der Waals surface area contributed by atoms with Crippen LogP contribution < -0.4 is 14.6 Å². The standard InChI is InChI=1S/C25H26Cl2N2O3/c1-25(2,3)32-24(30)28-14-19-11-10-18(16-29(19)15-17-8-6-5-7-9-17)22-21(31-4)13-12-20(26)23(22)27/h5-13,16H,14-15H2,1-4H3/p+1. The minimum absolute atomic E-state index is 0.308. The summed E-state index contributed by atoms with van der Waals surface area (Å²) in [7, 11) is 1.60. The number of ether oxygens (including phenoxy) is 2. The number of hydrogen-bond donors (Lipinski definition) is 1. The first-order chi connectivity index (χ1) is 15.2. The molecular weight excluding hydrogens is 447 g/mol. The van der Waals surface area contributed by atoms with Gasteiger partial charge in [-0.2, -0.15) is 4.57 Å². The molecule has 5 nitrogen and oxygen atoms in total. The van der Waals surface area contributed by atoms with Gasteiger partial charge in [0.2, 0.25) is 5.69 Å². The van der Waals surface area contributed by atoms with Crippen molar-refractivity contribution in [3.05, 3.63) is 82.1 Å². The normalized spacial score (nSPS) is 11.2. The number of nitrogens with zero attached hydrogens (tertiary/aromatic N) is 1. The zero-order chi connectivity index (χ0) is 23.3. The molecule has 0 fully saturated rings. The van der Waals surface area contributed by atoms with Gasteiger partial charge >= 0.3 is 6.09 Å². The summed E-state index contributed by atoms with van der Waals surface area (Å²) in [4.78, 5) is 12.2. The van der Waals surface area contributed by atoms with Crippen LogP contribution in [-0.4, -0.2) is 18.8 Å². The van der Waals surface area contributed by atoms with E-state index in [2.05, 4.69) is 22.0 Å². The third kappa shape index (κ3) is 6.15. The molecule has 32 heavy (non-hydrogen) atoms. The van der Waals surface area contributed by atoms with E-state index in [1.54, 1.807) is 19.2 Å². The molecule has 1 N–H and O–H groups in total. The van der Waals surface area contributed by atoms with Crippen LogP contribution in [0.25, 0.3) is 11.1 Å².